The summed E-state index contributed by atoms with van der Waals surface area (Å²) >= 11 is 1.08. The van der Waals surface area contributed by atoms with Gasteiger partial charge in [0.15, 0.2) is 5.75 Å². The van der Waals surface area contributed by atoms with Gasteiger partial charge in [0.2, 0.25) is 0 Å². The SMILES string of the molecule is O=C(O)C=Cc1ccc(Oc2c(-c3cc(F)ccc3CC(F)(F)F)sc3cc(O)ccc23)cc1. The van der Waals surface area contributed by atoms with Crippen LogP contribution in [0.15, 0.2) is 66.7 Å². The van der Waals surface area contributed by atoms with Crippen molar-refractivity contribution >= 4 is 33.5 Å². The molecule has 0 bridgehead atoms. The summed E-state index contributed by atoms with van der Waals surface area (Å²) < 4.78 is 60.3. The highest BCUT2D eigenvalue weighted by Gasteiger charge is 2.30. The average molecular weight is 488 g/mol. The van der Waals surface area contributed by atoms with Crippen molar-refractivity contribution in [1.82, 2.24) is 0 Å². The summed E-state index contributed by atoms with van der Waals surface area (Å²) in [5.74, 6) is -1.25. The van der Waals surface area contributed by atoms with Crippen LogP contribution in [0.1, 0.15) is 11.1 Å². The van der Waals surface area contributed by atoms with Gasteiger partial charge in [0, 0.05) is 21.7 Å². The number of phenols is 1. The Morgan fingerprint density at radius 1 is 1.03 bits per heavy atom. The van der Waals surface area contributed by atoms with E-state index in [4.69, 9.17) is 9.84 Å². The highest BCUT2D eigenvalue weighted by Crippen LogP contribution is 2.48. The van der Waals surface area contributed by atoms with Gasteiger partial charge in [0.05, 0.1) is 11.3 Å². The van der Waals surface area contributed by atoms with Crippen molar-refractivity contribution in [2.75, 3.05) is 0 Å². The number of carbonyl (C=O) groups is 1. The van der Waals surface area contributed by atoms with Gasteiger partial charge in [-0.1, -0.05) is 18.2 Å². The van der Waals surface area contributed by atoms with E-state index in [-0.39, 0.29) is 27.5 Å². The van der Waals surface area contributed by atoms with Gasteiger partial charge in [-0.15, -0.1) is 11.3 Å². The molecule has 34 heavy (non-hydrogen) atoms. The lowest BCUT2D eigenvalue weighted by Crippen LogP contribution is -2.12. The molecular formula is C25H16F4O4S. The first-order valence-corrected chi connectivity index (χ1v) is 10.7. The van der Waals surface area contributed by atoms with E-state index in [1.807, 2.05) is 0 Å². The van der Waals surface area contributed by atoms with Crippen molar-refractivity contribution < 1.29 is 37.3 Å². The minimum Gasteiger partial charge on any atom is -0.508 e. The topological polar surface area (TPSA) is 66.8 Å². The zero-order chi connectivity index (χ0) is 24.5. The highest BCUT2D eigenvalue weighted by molar-refractivity contribution is 7.22. The minimum atomic E-state index is -4.50. The zero-order valence-corrected chi connectivity index (χ0v) is 18.1. The Kier molecular flexibility index (Phi) is 6.30. The number of halogens is 4. The van der Waals surface area contributed by atoms with E-state index in [9.17, 15) is 27.5 Å². The monoisotopic (exact) mass is 488 g/mol. The Morgan fingerprint density at radius 2 is 1.76 bits per heavy atom. The summed E-state index contributed by atoms with van der Waals surface area (Å²) in [5.41, 5.74) is 0.547. The summed E-state index contributed by atoms with van der Waals surface area (Å²) in [6, 6.07) is 14.0. The van der Waals surface area contributed by atoms with E-state index in [1.54, 1.807) is 30.3 Å². The van der Waals surface area contributed by atoms with Gasteiger partial charge in [0.1, 0.15) is 17.3 Å². The molecule has 0 aliphatic carbocycles. The van der Waals surface area contributed by atoms with E-state index in [0.717, 1.165) is 35.6 Å². The number of alkyl halides is 3. The molecular weight excluding hydrogens is 472 g/mol. The first-order chi connectivity index (χ1) is 16.1. The summed E-state index contributed by atoms with van der Waals surface area (Å²) in [5, 5.41) is 19.2. The Labute approximate surface area is 195 Å². The molecule has 174 valence electrons. The standard InChI is InChI=1S/C25H16F4O4S/c26-16-5-4-15(13-25(27,28)29)20(11-16)24-23(19-9-6-17(30)12-21(19)34-24)33-18-7-1-14(2-8-18)3-10-22(31)32/h1-12,30H,13H2,(H,31,32). The maximum Gasteiger partial charge on any atom is 0.393 e. The van der Waals surface area contributed by atoms with Gasteiger partial charge in [-0.2, -0.15) is 13.2 Å². The lowest BCUT2D eigenvalue weighted by molar-refractivity contribution is -0.131. The number of ether oxygens (including phenoxy) is 1. The van der Waals surface area contributed by atoms with Crippen LogP contribution in [-0.2, 0) is 11.2 Å². The Morgan fingerprint density at radius 3 is 2.44 bits per heavy atom. The van der Waals surface area contributed by atoms with E-state index in [0.29, 0.717) is 21.4 Å². The molecule has 0 saturated carbocycles. The first kappa shape index (κ1) is 23.3. The molecule has 0 unspecified atom stereocenters. The fourth-order valence-electron chi connectivity index (χ4n) is 3.40. The number of hydrogen-bond donors (Lipinski definition) is 2. The van der Waals surface area contributed by atoms with Crippen molar-refractivity contribution in [2.24, 2.45) is 0 Å². The van der Waals surface area contributed by atoms with Gasteiger partial charge in [0.25, 0.3) is 0 Å². The molecule has 0 aliphatic heterocycles. The molecule has 0 amide bonds. The zero-order valence-electron chi connectivity index (χ0n) is 17.3. The number of benzene rings is 3. The molecule has 0 spiro atoms. The largest absolute Gasteiger partial charge is 0.508 e. The molecule has 0 saturated heterocycles. The quantitative estimate of drug-likeness (QED) is 0.219. The number of fused-ring (bicyclic) bond motifs is 1. The molecule has 2 N–H and O–H groups in total. The molecule has 0 fully saturated rings. The van der Waals surface area contributed by atoms with Crippen LogP contribution in [0, 0.1) is 5.82 Å². The molecule has 3 aromatic carbocycles. The fraction of sp³-hybridized carbons (Fsp3) is 0.0800. The van der Waals surface area contributed by atoms with Crippen molar-refractivity contribution in [3.8, 4) is 27.7 Å². The van der Waals surface area contributed by atoms with Gasteiger partial charge in [-0.3, -0.25) is 0 Å². The summed E-state index contributed by atoms with van der Waals surface area (Å²) in [7, 11) is 0. The number of aromatic hydroxyl groups is 1. The smallest absolute Gasteiger partial charge is 0.393 e. The Balaban J connectivity index is 1.82. The third-order valence-corrected chi connectivity index (χ3v) is 6.02. The van der Waals surface area contributed by atoms with E-state index in [1.165, 1.54) is 18.2 Å². The number of thiophene rings is 1. The molecule has 0 aliphatic rings. The number of rotatable bonds is 6. The summed E-state index contributed by atoms with van der Waals surface area (Å²) in [6.07, 6.45) is -3.36. The number of carboxylic acid groups (broad SMARTS) is 1. The van der Waals surface area contributed by atoms with Crippen LogP contribution >= 0.6 is 11.3 Å². The van der Waals surface area contributed by atoms with Crippen LogP contribution < -0.4 is 4.74 Å². The molecule has 4 aromatic rings. The summed E-state index contributed by atoms with van der Waals surface area (Å²) in [6.45, 7) is 0. The van der Waals surface area contributed by atoms with Crippen LogP contribution in [-0.4, -0.2) is 22.4 Å². The van der Waals surface area contributed by atoms with Gasteiger partial charge < -0.3 is 14.9 Å². The van der Waals surface area contributed by atoms with E-state index in [2.05, 4.69) is 0 Å². The molecule has 1 heterocycles. The van der Waals surface area contributed by atoms with Crippen LogP contribution in [0.4, 0.5) is 17.6 Å². The second-order valence-corrected chi connectivity index (χ2v) is 8.43. The molecule has 9 heteroatoms. The third-order valence-electron chi connectivity index (χ3n) is 4.85. The number of hydrogen-bond acceptors (Lipinski definition) is 4. The second kappa shape index (κ2) is 9.18. The van der Waals surface area contributed by atoms with Crippen LogP contribution in [0.2, 0.25) is 0 Å². The van der Waals surface area contributed by atoms with Crippen molar-refractivity contribution in [1.29, 1.82) is 0 Å². The molecule has 0 radical (unpaired) electrons. The fourth-order valence-corrected chi connectivity index (χ4v) is 4.62. The van der Waals surface area contributed by atoms with Gasteiger partial charge in [-0.25, -0.2) is 9.18 Å². The van der Waals surface area contributed by atoms with E-state index < -0.39 is 24.4 Å². The lowest BCUT2D eigenvalue weighted by atomic mass is 10.0. The average Bonchev–Trinajstić information content (AvgIpc) is 3.10. The maximum atomic E-state index is 14.1. The van der Waals surface area contributed by atoms with Crippen LogP contribution in [0.3, 0.4) is 0 Å². The van der Waals surface area contributed by atoms with Crippen molar-refractivity contribution in [3.05, 3.63) is 83.7 Å². The van der Waals surface area contributed by atoms with Gasteiger partial charge in [-0.05, 0) is 59.7 Å². The predicted octanol–water partition coefficient (Wildman–Crippen LogP) is 7.41. The molecule has 4 nitrogen and oxygen atoms in total. The minimum absolute atomic E-state index is 0.0313. The molecule has 0 atom stereocenters. The predicted molar refractivity (Wildman–Crippen MR) is 122 cm³/mol. The van der Waals surface area contributed by atoms with Crippen molar-refractivity contribution in [2.45, 2.75) is 12.6 Å². The number of carboxylic acids is 1. The van der Waals surface area contributed by atoms with Crippen LogP contribution in [0.5, 0.6) is 17.2 Å². The highest BCUT2D eigenvalue weighted by atomic mass is 32.1. The number of phenolic OH excluding ortho intramolecular Hbond substituents is 1. The van der Waals surface area contributed by atoms with Crippen LogP contribution in [0.25, 0.3) is 26.6 Å². The van der Waals surface area contributed by atoms with Crippen molar-refractivity contribution in [3.63, 3.8) is 0 Å². The lowest BCUT2D eigenvalue weighted by Gasteiger charge is -2.13. The Hall–Kier alpha value is -3.85. The third kappa shape index (κ3) is 5.37. The van der Waals surface area contributed by atoms with Gasteiger partial charge >= 0.3 is 12.1 Å². The molecule has 1 aromatic heterocycles. The first-order valence-electron chi connectivity index (χ1n) is 9.89. The Bertz CT molecular complexity index is 1390. The number of aliphatic carboxylic acids is 1. The summed E-state index contributed by atoms with van der Waals surface area (Å²) in [4.78, 5) is 11.0. The maximum absolute atomic E-state index is 14.1. The second-order valence-electron chi connectivity index (χ2n) is 7.38. The molecule has 4 rings (SSSR count). The normalized spacial score (nSPS) is 11.9. The van der Waals surface area contributed by atoms with E-state index >= 15 is 0 Å².